The normalized spacial score (nSPS) is 20.9. The van der Waals surface area contributed by atoms with Gasteiger partial charge in [0.05, 0.1) is 11.0 Å². The molecule has 0 spiro atoms. The third-order valence-electron chi connectivity index (χ3n) is 4.37. The fourth-order valence-corrected chi connectivity index (χ4v) is 5.24. The van der Waals surface area contributed by atoms with E-state index in [9.17, 15) is 18.0 Å². The van der Waals surface area contributed by atoms with Gasteiger partial charge >= 0.3 is 0 Å². The Morgan fingerprint density at radius 2 is 1.74 bits per heavy atom. The molecular formula is C18H16O4S. The molecule has 0 radical (unpaired) electrons. The summed E-state index contributed by atoms with van der Waals surface area (Å²) in [6.45, 7) is 0. The zero-order valence-corrected chi connectivity index (χ0v) is 13.4. The Balaban J connectivity index is 1.98. The van der Waals surface area contributed by atoms with E-state index in [1.807, 2.05) is 0 Å². The summed E-state index contributed by atoms with van der Waals surface area (Å²) in [6.07, 6.45) is 10.3. The van der Waals surface area contributed by atoms with Crippen molar-refractivity contribution >= 4 is 21.4 Å². The largest absolute Gasteiger partial charge is 0.289 e. The third-order valence-corrected chi connectivity index (χ3v) is 6.44. The molecule has 1 aromatic rings. The van der Waals surface area contributed by atoms with Crippen LogP contribution in [0.5, 0.6) is 0 Å². The van der Waals surface area contributed by atoms with E-state index in [2.05, 4.69) is 5.92 Å². The molecule has 4 nitrogen and oxygen atoms in total. The summed E-state index contributed by atoms with van der Waals surface area (Å²) in [6, 6.07) is 3.18. The van der Waals surface area contributed by atoms with Crippen LogP contribution in [0.15, 0.2) is 24.3 Å². The first-order valence-electron chi connectivity index (χ1n) is 7.52. The summed E-state index contributed by atoms with van der Waals surface area (Å²) in [7, 11) is -3.29. The lowest BCUT2D eigenvalue weighted by atomic mass is 9.89. The van der Waals surface area contributed by atoms with Crippen molar-refractivity contribution in [1.29, 1.82) is 0 Å². The Morgan fingerprint density at radius 3 is 2.39 bits per heavy atom. The quantitative estimate of drug-likeness (QED) is 0.629. The van der Waals surface area contributed by atoms with Crippen molar-refractivity contribution in [2.45, 2.75) is 36.7 Å². The zero-order chi connectivity index (χ0) is 16.6. The van der Waals surface area contributed by atoms with Gasteiger partial charge in [-0.05, 0) is 48.3 Å². The second-order valence-electron chi connectivity index (χ2n) is 5.90. The molecule has 0 N–H and O–H groups in total. The molecule has 1 atom stereocenters. The highest BCUT2D eigenvalue weighted by Crippen LogP contribution is 2.41. The van der Waals surface area contributed by atoms with Crippen molar-refractivity contribution < 1.29 is 18.0 Å². The van der Waals surface area contributed by atoms with E-state index in [4.69, 9.17) is 6.42 Å². The average molecular weight is 328 g/mol. The first-order chi connectivity index (χ1) is 10.9. The summed E-state index contributed by atoms with van der Waals surface area (Å²) >= 11 is 0. The van der Waals surface area contributed by atoms with Crippen LogP contribution in [0.1, 0.15) is 62.8 Å². The van der Waals surface area contributed by atoms with E-state index < -0.39 is 15.1 Å². The van der Waals surface area contributed by atoms with Gasteiger partial charge in [-0.25, -0.2) is 8.42 Å². The maximum absolute atomic E-state index is 12.4. The molecule has 0 fully saturated rings. The fraction of sp³-hybridized carbons (Fsp3) is 0.333. The van der Waals surface area contributed by atoms with E-state index in [1.165, 1.54) is 12.2 Å². The molecule has 0 bridgehead atoms. The van der Waals surface area contributed by atoms with Gasteiger partial charge in [-0.1, -0.05) is 6.42 Å². The predicted molar refractivity (Wildman–Crippen MR) is 86.9 cm³/mol. The number of rotatable bonds is 4. The van der Waals surface area contributed by atoms with Crippen LogP contribution in [-0.2, 0) is 15.6 Å². The molecule has 0 saturated heterocycles. The van der Waals surface area contributed by atoms with Gasteiger partial charge in [0, 0.05) is 17.5 Å². The Bertz CT molecular complexity index is 869. The topological polar surface area (TPSA) is 68.3 Å². The SMILES string of the molecule is C#CCCCCC1c2cc3c(cc2CS1(=O)=O)C(=O)C=CC3=O. The molecule has 0 saturated carbocycles. The summed E-state index contributed by atoms with van der Waals surface area (Å²) in [4.78, 5) is 23.9. The van der Waals surface area contributed by atoms with Gasteiger partial charge in [0.25, 0.3) is 0 Å². The number of carbonyl (C=O) groups excluding carboxylic acids is 2. The van der Waals surface area contributed by atoms with Crippen LogP contribution in [-0.4, -0.2) is 20.0 Å². The minimum absolute atomic E-state index is 0.0688. The number of ketones is 2. The molecular weight excluding hydrogens is 312 g/mol. The van der Waals surface area contributed by atoms with E-state index >= 15 is 0 Å². The molecule has 1 heterocycles. The summed E-state index contributed by atoms with van der Waals surface area (Å²) in [5.74, 6) is 1.97. The standard InChI is InChI=1S/C18H16O4S/c1-2-3-4-5-6-18-13-10-15-14(16(19)7-8-17(15)20)9-12(13)11-23(18,21)22/h1,7-10,18H,3-6,11H2. The number of fused-ring (bicyclic) bond motifs is 2. The number of allylic oxidation sites excluding steroid dienone is 2. The number of hydrogen-bond acceptors (Lipinski definition) is 4. The van der Waals surface area contributed by atoms with Gasteiger partial charge in [-0.2, -0.15) is 0 Å². The monoisotopic (exact) mass is 328 g/mol. The van der Waals surface area contributed by atoms with Crippen molar-refractivity contribution in [1.82, 2.24) is 0 Å². The van der Waals surface area contributed by atoms with Crippen LogP contribution in [0.25, 0.3) is 0 Å². The molecule has 23 heavy (non-hydrogen) atoms. The Morgan fingerprint density at radius 1 is 1.09 bits per heavy atom. The van der Waals surface area contributed by atoms with Gasteiger partial charge in [-0.15, -0.1) is 12.3 Å². The smallest absolute Gasteiger partial charge is 0.186 e. The summed E-state index contributed by atoms with van der Waals surface area (Å²) in [5, 5.41) is -0.602. The van der Waals surface area contributed by atoms with Crippen LogP contribution >= 0.6 is 0 Å². The van der Waals surface area contributed by atoms with Crippen molar-refractivity contribution in [2.75, 3.05) is 0 Å². The highest BCUT2D eigenvalue weighted by molar-refractivity contribution is 7.91. The minimum Gasteiger partial charge on any atom is -0.289 e. The van der Waals surface area contributed by atoms with Crippen LogP contribution in [0, 0.1) is 12.3 Å². The van der Waals surface area contributed by atoms with Gasteiger partial charge in [0.2, 0.25) is 0 Å². The van der Waals surface area contributed by atoms with E-state index in [1.54, 1.807) is 12.1 Å². The summed E-state index contributed by atoms with van der Waals surface area (Å²) < 4.78 is 24.9. The fourth-order valence-electron chi connectivity index (χ4n) is 3.23. The van der Waals surface area contributed by atoms with E-state index in [0.717, 1.165) is 12.8 Å². The lowest BCUT2D eigenvalue weighted by Gasteiger charge is -2.14. The lowest BCUT2D eigenvalue weighted by Crippen LogP contribution is -2.13. The first kappa shape index (κ1) is 15.7. The van der Waals surface area contributed by atoms with Gasteiger partial charge < -0.3 is 0 Å². The average Bonchev–Trinajstić information content (AvgIpc) is 2.75. The maximum atomic E-state index is 12.4. The molecule has 3 rings (SSSR count). The van der Waals surface area contributed by atoms with Crippen LogP contribution in [0.3, 0.4) is 0 Å². The minimum atomic E-state index is -3.29. The molecule has 1 aromatic carbocycles. The number of unbranched alkanes of at least 4 members (excludes halogenated alkanes) is 2. The molecule has 1 aliphatic heterocycles. The lowest BCUT2D eigenvalue weighted by molar-refractivity contribution is 0.0994. The Labute approximate surface area is 135 Å². The first-order valence-corrected chi connectivity index (χ1v) is 9.24. The molecule has 5 heteroatoms. The van der Waals surface area contributed by atoms with Gasteiger partial charge in [0.1, 0.15) is 0 Å². The third kappa shape index (κ3) is 2.75. The molecule has 118 valence electrons. The Hall–Kier alpha value is -2.19. The van der Waals surface area contributed by atoms with Crippen molar-refractivity contribution in [2.24, 2.45) is 0 Å². The summed E-state index contributed by atoms with van der Waals surface area (Å²) in [5.41, 5.74) is 1.92. The van der Waals surface area contributed by atoms with E-state index in [0.29, 0.717) is 35.1 Å². The van der Waals surface area contributed by atoms with Crippen molar-refractivity contribution in [3.05, 3.63) is 46.5 Å². The highest BCUT2D eigenvalue weighted by atomic mass is 32.2. The van der Waals surface area contributed by atoms with Gasteiger partial charge in [0.15, 0.2) is 21.4 Å². The van der Waals surface area contributed by atoms with Crippen molar-refractivity contribution in [3.8, 4) is 12.3 Å². The molecule has 0 amide bonds. The number of carbonyl (C=O) groups is 2. The van der Waals surface area contributed by atoms with Crippen LogP contribution < -0.4 is 0 Å². The van der Waals surface area contributed by atoms with Crippen molar-refractivity contribution in [3.63, 3.8) is 0 Å². The second kappa shape index (κ2) is 5.78. The number of sulfone groups is 1. The molecule has 0 aromatic heterocycles. The highest BCUT2D eigenvalue weighted by Gasteiger charge is 2.38. The van der Waals surface area contributed by atoms with Gasteiger partial charge in [-0.3, -0.25) is 9.59 Å². The Kier molecular flexibility index (Phi) is 3.95. The van der Waals surface area contributed by atoms with E-state index in [-0.39, 0.29) is 17.3 Å². The number of hydrogen-bond donors (Lipinski definition) is 0. The predicted octanol–water partition coefficient (Wildman–Crippen LogP) is 2.78. The number of benzene rings is 1. The maximum Gasteiger partial charge on any atom is 0.186 e. The molecule has 2 aliphatic rings. The van der Waals surface area contributed by atoms with Crippen LogP contribution in [0.4, 0.5) is 0 Å². The molecule has 1 unspecified atom stereocenters. The number of terminal acetylenes is 1. The molecule has 1 aliphatic carbocycles. The second-order valence-corrected chi connectivity index (χ2v) is 8.09. The zero-order valence-electron chi connectivity index (χ0n) is 12.5. The van der Waals surface area contributed by atoms with Crippen LogP contribution in [0.2, 0.25) is 0 Å².